The molecule has 0 bridgehead atoms. The Bertz CT molecular complexity index is 1020. The first-order valence-electron chi connectivity index (χ1n) is 8.87. The Morgan fingerprint density at radius 2 is 1.86 bits per heavy atom. The Hall–Kier alpha value is -3.75. The van der Waals surface area contributed by atoms with E-state index in [9.17, 15) is 24.5 Å². The van der Waals surface area contributed by atoms with Crippen molar-refractivity contribution in [3.63, 3.8) is 0 Å². The minimum absolute atomic E-state index is 0.106. The Morgan fingerprint density at radius 1 is 1.17 bits per heavy atom. The van der Waals surface area contributed by atoms with Gasteiger partial charge >= 0.3 is 11.9 Å². The monoisotopic (exact) mass is 396 g/mol. The quantitative estimate of drug-likeness (QED) is 0.338. The molecule has 29 heavy (non-hydrogen) atoms. The zero-order chi connectivity index (χ0) is 20.7. The molecule has 2 aliphatic heterocycles. The number of hydrogen-bond donors (Lipinski definition) is 0. The van der Waals surface area contributed by atoms with Crippen molar-refractivity contribution >= 4 is 29.2 Å². The zero-order valence-corrected chi connectivity index (χ0v) is 15.3. The molecule has 2 aromatic rings. The highest BCUT2D eigenvalue weighted by molar-refractivity contribution is 6.12. The van der Waals surface area contributed by atoms with Crippen LogP contribution in [0.15, 0.2) is 48.5 Å². The standard InChI is InChI=1S/C20H16N2O7/c1-28-20(25)17-14(11-6-8-12(9-7-11)22(26)27)10-16-21(18(17)23)15-5-3-2-4-13(15)19(24)29-16/h2-9,14,16-17H,10H2,1H3/t14-,16+,17-/m1/s1. The van der Waals surface area contributed by atoms with Crippen LogP contribution in [0.3, 0.4) is 0 Å². The number of esters is 2. The van der Waals surface area contributed by atoms with Gasteiger partial charge in [0.15, 0.2) is 6.23 Å². The van der Waals surface area contributed by atoms with E-state index < -0.39 is 40.8 Å². The maximum absolute atomic E-state index is 13.3. The fourth-order valence-corrected chi connectivity index (χ4v) is 3.90. The molecule has 9 heteroatoms. The number of non-ortho nitro benzene ring substituents is 1. The van der Waals surface area contributed by atoms with E-state index in [-0.39, 0.29) is 17.7 Å². The first-order chi connectivity index (χ1) is 13.9. The van der Waals surface area contributed by atoms with Crippen LogP contribution in [0.2, 0.25) is 0 Å². The number of rotatable bonds is 3. The molecule has 148 valence electrons. The van der Waals surface area contributed by atoms with Crippen molar-refractivity contribution in [2.75, 3.05) is 12.0 Å². The van der Waals surface area contributed by atoms with E-state index in [0.29, 0.717) is 11.3 Å². The molecule has 2 aliphatic rings. The van der Waals surface area contributed by atoms with Gasteiger partial charge in [-0.3, -0.25) is 24.6 Å². The Labute approximate surface area is 165 Å². The van der Waals surface area contributed by atoms with Crippen LogP contribution in [0.25, 0.3) is 0 Å². The number of amides is 1. The number of hydrogen-bond acceptors (Lipinski definition) is 7. The van der Waals surface area contributed by atoms with Gasteiger partial charge in [-0.2, -0.15) is 0 Å². The summed E-state index contributed by atoms with van der Waals surface area (Å²) in [6, 6.07) is 12.1. The number of carbonyl (C=O) groups excluding carboxylic acids is 3. The normalized spacial score (nSPS) is 22.9. The molecule has 0 spiro atoms. The van der Waals surface area contributed by atoms with Crippen LogP contribution < -0.4 is 4.90 Å². The molecule has 9 nitrogen and oxygen atoms in total. The summed E-state index contributed by atoms with van der Waals surface area (Å²) in [7, 11) is 1.19. The number of piperidine rings is 1. The summed E-state index contributed by atoms with van der Waals surface area (Å²) in [5.41, 5.74) is 1.07. The van der Waals surface area contributed by atoms with Crippen LogP contribution in [0.1, 0.15) is 28.3 Å². The summed E-state index contributed by atoms with van der Waals surface area (Å²) < 4.78 is 10.3. The summed E-state index contributed by atoms with van der Waals surface area (Å²) >= 11 is 0. The number of methoxy groups -OCH3 is 1. The van der Waals surface area contributed by atoms with E-state index in [1.54, 1.807) is 24.3 Å². The molecule has 4 rings (SSSR count). The smallest absolute Gasteiger partial charge is 0.342 e. The second-order valence-corrected chi connectivity index (χ2v) is 6.78. The minimum Gasteiger partial charge on any atom is -0.468 e. The van der Waals surface area contributed by atoms with Gasteiger partial charge in [0.2, 0.25) is 5.91 Å². The van der Waals surface area contributed by atoms with Gasteiger partial charge in [0.25, 0.3) is 5.69 Å². The average Bonchev–Trinajstić information content (AvgIpc) is 2.73. The van der Waals surface area contributed by atoms with Gasteiger partial charge in [-0.1, -0.05) is 24.3 Å². The van der Waals surface area contributed by atoms with Gasteiger partial charge in [0.05, 0.1) is 23.3 Å². The van der Waals surface area contributed by atoms with Crippen LogP contribution >= 0.6 is 0 Å². The molecule has 0 aromatic heterocycles. The number of carbonyl (C=O) groups is 3. The van der Waals surface area contributed by atoms with Crippen molar-refractivity contribution in [3.8, 4) is 0 Å². The van der Waals surface area contributed by atoms with Crippen LogP contribution in [0.4, 0.5) is 11.4 Å². The molecule has 2 heterocycles. The van der Waals surface area contributed by atoms with Crippen molar-refractivity contribution in [1.29, 1.82) is 0 Å². The molecule has 1 amide bonds. The second-order valence-electron chi connectivity index (χ2n) is 6.78. The number of nitro benzene ring substituents is 1. The third-order valence-corrected chi connectivity index (χ3v) is 5.26. The molecule has 3 atom stereocenters. The molecule has 0 unspecified atom stereocenters. The SMILES string of the molecule is COC(=O)[C@H]1C(=O)N2c3ccccc3C(=O)O[C@H]2C[C@@H]1c1ccc([N+](=O)[O-])cc1. The molecule has 2 aromatic carbocycles. The van der Waals surface area contributed by atoms with Gasteiger partial charge in [-0.05, 0) is 17.7 Å². The first kappa shape index (κ1) is 18.6. The minimum atomic E-state index is -1.16. The van der Waals surface area contributed by atoms with E-state index in [0.717, 1.165) is 0 Å². The predicted octanol–water partition coefficient (Wildman–Crippen LogP) is 2.40. The van der Waals surface area contributed by atoms with Crippen molar-refractivity contribution in [1.82, 2.24) is 0 Å². The highest BCUT2D eigenvalue weighted by Gasteiger charge is 2.51. The molecule has 0 aliphatic carbocycles. The van der Waals surface area contributed by atoms with Crippen molar-refractivity contribution in [2.45, 2.75) is 18.6 Å². The molecule has 0 radical (unpaired) electrons. The zero-order valence-electron chi connectivity index (χ0n) is 15.3. The third kappa shape index (κ3) is 3.00. The topological polar surface area (TPSA) is 116 Å². The van der Waals surface area contributed by atoms with Gasteiger partial charge in [0, 0.05) is 24.5 Å². The molecule has 0 saturated carbocycles. The summed E-state index contributed by atoms with van der Waals surface area (Å²) in [6.45, 7) is 0. The van der Waals surface area contributed by atoms with E-state index >= 15 is 0 Å². The lowest BCUT2D eigenvalue weighted by atomic mass is 9.78. The number of fused-ring (bicyclic) bond motifs is 3. The second kappa shape index (κ2) is 7.01. The third-order valence-electron chi connectivity index (χ3n) is 5.26. The van der Waals surface area contributed by atoms with Crippen LogP contribution in [-0.4, -0.2) is 36.1 Å². The lowest BCUT2D eigenvalue weighted by molar-refractivity contribution is -0.384. The first-order valence-corrected chi connectivity index (χ1v) is 8.87. The lowest BCUT2D eigenvalue weighted by Gasteiger charge is -2.44. The van der Waals surface area contributed by atoms with Crippen molar-refractivity contribution < 1.29 is 28.8 Å². The fourth-order valence-electron chi connectivity index (χ4n) is 3.90. The van der Waals surface area contributed by atoms with E-state index in [4.69, 9.17) is 9.47 Å². The van der Waals surface area contributed by atoms with Crippen molar-refractivity contribution in [2.24, 2.45) is 5.92 Å². The van der Waals surface area contributed by atoms with Gasteiger partial charge in [0.1, 0.15) is 5.92 Å². The van der Waals surface area contributed by atoms with Crippen LogP contribution in [0.5, 0.6) is 0 Å². The number of ether oxygens (including phenoxy) is 2. The molecule has 1 saturated heterocycles. The van der Waals surface area contributed by atoms with Crippen LogP contribution in [0, 0.1) is 16.0 Å². The van der Waals surface area contributed by atoms with Crippen LogP contribution in [-0.2, 0) is 19.1 Å². The molecule has 1 fully saturated rings. The molecular weight excluding hydrogens is 380 g/mol. The van der Waals surface area contributed by atoms with E-state index in [2.05, 4.69) is 0 Å². The van der Waals surface area contributed by atoms with E-state index in [1.807, 2.05) is 0 Å². The van der Waals surface area contributed by atoms with Gasteiger partial charge < -0.3 is 9.47 Å². The Morgan fingerprint density at radius 3 is 2.52 bits per heavy atom. The highest BCUT2D eigenvalue weighted by Crippen LogP contribution is 2.43. The summed E-state index contributed by atoms with van der Waals surface area (Å²) in [5.74, 6) is -3.63. The van der Waals surface area contributed by atoms with Gasteiger partial charge in [-0.15, -0.1) is 0 Å². The predicted molar refractivity (Wildman–Crippen MR) is 99.1 cm³/mol. The maximum Gasteiger partial charge on any atom is 0.342 e. The largest absolute Gasteiger partial charge is 0.468 e. The Balaban J connectivity index is 1.77. The summed E-state index contributed by atoms with van der Waals surface area (Å²) in [5, 5.41) is 10.9. The molecular formula is C20H16N2O7. The van der Waals surface area contributed by atoms with Gasteiger partial charge in [-0.25, -0.2) is 4.79 Å². The van der Waals surface area contributed by atoms with E-state index in [1.165, 1.54) is 36.3 Å². The number of nitrogens with zero attached hydrogens (tertiary/aromatic N) is 2. The highest BCUT2D eigenvalue weighted by atomic mass is 16.6. The fraction of sp³-hybridized carbons (Fsp3) is 0.250. The van der Waals surface area contributed by atoms with Crippen molar-refractivity contribution in [3.05, 3.63) is 69.8 Å². The molecule has 0 N–H and O–H groups in total. The number of nitro groups is 1. The number of para-hydroxylation sites is 1. The number of anilines is 1. The Kier molecular flexibility index (Phi) is 4.50. The lowest BCUT2D eigenvalue weighted by Crippen LogP contribution is -2.57. The summed E-state index contributed by atoms with van der Waals surface area (Å²) in [6.07, 6.45) is -0.727. The average molecular weight is 396 g/mol. The summed E-state index contributed by atoms with van der Waals surface area (Å²) in [4.78, 5) is 49.9. The maximum atomic E-state index is 13.3. The number of benzene rings is 2.